The molecule has 0 saturated heterocycles. The second-order valence-corrected chi connectivity index (χ2v) is 4.95. The molecule has 0 saturated carbocycles. The van der Waals surface area contributed by atoms with E-state index >= 15 is 0 Å². The van der Waals surface area contributed by atoms with E-state index in [0.717, 1.165) is 0 Å². The molecule has 0 aliphatic carbocycles. The Morgan fingerprint density at radius 2 is 2.12 bits per heavy atom. The van der Waals surface area contributed by atoms with E-state index in [4.69, 9.17) is 4.42 Å². The Labute approximate surface area is 142 Å². The summed E-state index contributed by atoms with van der Waals surface area (Å²) >= 11 is 0. The highest BCUT2D eigenvalue weighted by molar-refractivity contribution is 5.94. The van der Waals surface area contributed by atoms with E-state index in [0.29, 0.717) is 22.6 Å². The van der Waals surface area contributed by atoms with Gasteiger partial charge in [-0.05, 0) is 24.3 Å². The fraction of sp³-hybridized carbons (Fsp3) is 0. The van der Waals surface area contributed by atoms with Gasteiger partial charge in [-0.2, -0.15) is 5.10 Å². The molecule has 1 amide bonds. The normalized spacial score (nSPS) is 10.7. The van der Waals surface area contributed by atoms with Crippen LogP contribution in [0, 0.1) is 10.1 Å². The molecule has 8 nitrogen and oxygen atoms in total. The van der Waals surface area contributed by atoms with E-state index < -0.39 is 10.8 Å². The fourth-order valence-electron chi connectivity index (χ4n) is 2.07. The zero-order valence-electron chi connectivity index (χ0n) is 12.8. The smallest absolute Gasteiger partial charge is 0.272 e. The lowest BCUT2D eigenvalue weighted by molar-refractivity contribution is -0.384. The van der Waals surface area contributed by atoms with E-state index in [-0.39, 0.29) is 5.69 Å². The zero-order chi connectivity index (χ0) is 17.6. The number of pyridine rings is 1. The largest absolute Gasteiger partial charge is 0.455 e. The second kappa shape index (κ2) is 7.18. The van der Waals surface area contributed by atoms with Crippen LogP contribution in [0.15, 0.2) is 70.4 Å². The van der Waals surface area contributed by atoms with Crippen molar-refractivity contribution in [3.63, 3.8) is 0 Å². The Morgan fingerprint density at radius 3 is 2.88 bits per heavy atom. The maximum absolute atomic E-state index is 11.8. The van der Waals surface area contributed by atoms with Crippen LogP contribution in [-0.2, 0) is 0 Å². The van der Waals surface area contributed by atoms with Crippen LogP contribution in [0.3, 0.4) is 0 Å². The second-order valence-electron chi connectivity index (χ2n) is 4.95. The van der Waals surface area contributed by atoms with Crippen molar-refractivity contribution in [3.05, 3.63) is 82.4 Å². The molecule has 2 aromatic heterocycles. The SMILES string of the molecule is O=C(NN=Cc1ccc(-c2cccc([N+](=O)[O-])c2)o1)c1cccnc1. The van der Waals surface area contributed by atoms with Gasteiger partial charge in [0.1, 0.15) is 11.5 Å². The monoisotopic (exact) mass is 336 g/mol. The molecule has 2 heterocycles. The summed E-state index contributed by atoms with van der Waals surface area (Å²) in [6.45, 7) is 0. The Morgan fingerprint density at radius 1 is 1.24 bits per heavy atom. The molecule has 25 heavy (non-hydrogen) atoms. The number of nitro groups is 1. The summed E-state index contributed by atoms with van der Waals surface area (Å²) in [5, 5.41) is 14.6. The van der Waals surface area contributed by atoms with Gasteiger partial charge in [-0.25, -0.2) is 5.43 Å². The third-order valence-electron chi connectivity index (χ3n) is 3.25. The Balaban J connectivity index is 1.68. The maximum Gasteiger partial charge on any atom is 0.272 e. The van der Waals surface area contributed by atoms with Crippen molar-refractivity contribution in [2.45, 2.75) is 0 Å². The third kappa shape index (κ3) is 3.94. The van der Waals surface area contributed by atoms with Crippen molar-refractivity contribution >= 4 is 17.8 Å². The summed E-state index contributed by atoms with van der Waals surface area (Å²) in [4.78, 5) is 26.0. The first-order chi connectivity index (χ1) is 12.1. The number of furan rings is 1. The van der Waals surface area contributed by atoms with Gasteiger partial charge in [0.05, 0.1) is 16.7 Å². The van der Waals surface area contributed by atoms with Crippen LogP contribution < -0.4 is 5.43 Å². The summed E-state index contributed by atoms with van der Waals surface area (Å²) < 4.78 is 5.56. The molecule has 1 N–H and O–H groups in total. The number of hydrogen-bond acceptors (Lipinski definition) is 6. The average molecular weight is 336 g/mol. The number of nitrogens with zero attached hydrogens (tertiary/aromatic N) is 3. The maximum atomic E-state index is 11.8. The van der Waals surface area contributed by atoms with Crippen molar-refractivity contribution in [2.75, 3.05) is 0 Å². The molecular weight excluding hydrogens is 324 g/mol. The van der Waals surface area contributed by atoms with Gasteiger partial charge >= 0.3 is 0 Å². The Kier molecular flexibility index (Phi) is 4.61. The minimum atomic E-state index is -0.469. The number of nitro benzene ring substituents is 1. The molecule has 1 aromatic carbocycles. The Bertz CT molecular complexity index is 935. The summed E-state index contributed by atoms with van der Waals surface area (Å²) in [7, 11) is 0. The van der Waals surface area contributed by atoms with Crippen molar-refractivity contribution in [1.82, 2.24) is 10.4 Å². The molecule has 3 aromatic rings. The molecule has 0 bridgehead atoms. The number of non-ortho nitro benzene ring substituents is 1. The lowest BCUT2D eigenvalue weighted by Crippen LogP contribution is -2.17. The molecular formula is C17H12N4O4. The number of amides is 1. The van der Waals surface area contributed by atoms with Gasteiger partial charge in [0, 0.05) is 30.1 Å². The highest BCUT2D eigenvalue weighted by Gasteiger charge is 2.10. The number of nitrogens with one attached hydrogen (secondary N) is 1. The molecule has 124 valence electrons. The highest BCUT2D eigenvalue weighted by Crippen LogP contribution is 2.25. The number of carbonyl (C=O) groups is 1. The molecule has 0 aliphatic heterocycles. The summed E-state index contributed by atoms with van der Waals surface area (Å²) in [5.41, 5.74) is 3.30. The van der Waals surface area contributed by atoms with Crippen LogP contribution in [-0.4, -0.2) is 22.0 Å². The van der Waals surface area contributed by atoms with Crippen LogP contribution in [0.1, 0.15) is 16.1 Å². The van der Waals surface area contributed by atoms with E-state index in [2.05, 4.69) is 15.5 Å². The van der Waals surface area contributed by atoms with Gasteiger partial charge in [-0.3, -0.25) is 19.9 Å². The molecule has 3 rings (SSSR count). The summed E-state index contributed by atoms with van der Waals surface area (Å²) in [6.07, 6.45) is 4.34. The first-order valence-corrected chi connectivity index (χ1v) is 7.21. The molecule has 0 aliphatic rings. The summed E-state index contributed by atoms with van der Waals surface area (Å²) in [6, 6.07) is 12.7. The van der Waals surface area contributed by atoms with Gasteiger partial charge in [0.2, 0.25) is 0 Å². The van der Waals surface area contributed by atoms with Gasteiger partial charge in [0.25, 0.3) is 11.6 Å². The van der Waals surface area contributed by atoms with Crippen molar-refractivity contribution in [2.24, 2.45) is 5.10 Å². The molecule has 0 unspecified atom stereocenters. The summed E-state index contributed by atoms with van der Waals surface area (Å²) in [5.74, 6) is 0.464. The molecule has 0 fully saturated rings. The van der Waals surface area contributed by atoms with Crippen LogP contribution in [0.2, 0.25) is 0 Å². The standard InChI is InChI=1S/C17H12N4O4/c22-17(13-4-2-8-18-10-13)20-19-11-15-6-7-16(25-15)12-3-1-5-14(9-12)21(23)24/h1-11H,(H,20,22). The van der Waals surface area contributed by atoms with Gasteiger partial charge in [-0.1, -0.05) is 12.1 Å². The van der Waals surface area contributed by atoms with Crippen molar-refractivity contribution < 1.29 is 14.1 Å². The topological polar surface area (TPSA) is 111 Å². The number of carbonyl (C=O) groups excluding carboxylic acids is 1. The number of rotatable bonds is 5. The quantitative estimate of drug-likeness (QED) is 0.437. The lowest BCUT2D eigenvalue weighted by atomic mass is 10.1. The number of hydrazone groups is 1. The van der Waals surface area contributed by atoms with Crippen LogP contribution in [0.4, 0.5) is 5.69 Å². The molecule has 8 heteroatoms. The van der Waals surface area contributed by atoms with Crippen molar-refractivity contribution in [1.29, 1.82) is 0 Å². The van der Waals surface area contributed by atoms with E-state index in [1.807, 2.05) is 0 Å². The predicted molar refractivity (Wildman–Crippen MR) is 90.1 cm³/mol. The van der Waals surface area contributed by atoms with E-state index in [9.17, 15) is 14.9 Å². The number of benzene rings is 1. The molecule has 0 spiro atoms. The predicted octanol–water partition coefficient (Wildman–Crippen LogP) is 3.01. The lowest BCUT2D eigenvalue weighted by Gasteiger charge is -1.98. The van der Waals surface area contributed by atoms with Gasteiger partial charge in [-0.15, -0.1) is 0 Å². The van der Waals surface area contributed by atoms with Crippen LogP contribution in [0.25, 0.3) is 11.3 Å². The van der Waals surface area contributed by atoms with Crippen LogP contribution >= 0.6 is 0 Å². The zero-order valence-corrected chi connectivity index (χ0v) is 12.8. The average Bonchev–Trinajstić information content (AvgIpc) is 3.11. The van der Waals surface area contributed by atoms with E-state index in [1.165, 1.54) is 24.5 Å². The fourth-order valence-corrected chi connectivity index (χ4v) is 2.07. The number of aromatic nitrogens is 1. The first kappa shape index (κ1) is 16.1. The van der Waals surface area contributed by atoms with Gasteiger partial charge < -0.3 is 4.42 Å². The first-order valence-electron chi connectivity index (χ1n) is 7.21. The number of hydrogen-bond donors (Lipinski definition) is 1. The third-order valence-corrected chi connectivity index (χ3v) is 3.25. The van der Waals surface area contributed by atoms with E-state index in [1.54, 1.807) is 42.6 Å². The molecule has 0 atom stereocenters. The highest BCUT2D eigenvalue weighted by atomic mass is 16.6. The minimum Gasteiger partial charge on any atom is -0.455 e. The van der Waals surface area contributed by atoms with Crippen molar-refractivity contribution in [3.8, 4) is 11.3 Å². The van der Waals surface area contributed by atoms with Crippen LogP contribution in [0.5, 0.6) is 0 Å². The minimum absolute atomic E-state index is 0.0205. The Hall–Kier alpha value is -3.81. The van der Waals surface area contributed by atoms with Gasteiger partial charge in [0.15, 0.2) is 0 Å². The molecule has 0 radical (unpaired) electrons.